The third-order valence-corrected chi connectivity index (χ3v) is 6.70. The Morgan fingerprint density at radius 1 is 1.29 bits per heavy atom. The van der Waals surface area contributed by atoms with Crippen LogP contribution in [0.2, 0.25) is 12.1 Å². The van der Waals surface area contributed by atoms with Gasteiger partial charge in [0.1, 0.15) is 0 Å². The summed E-state index contributed by atoms with van der Waals surface area (Å²) in [5.74, 6) is 0. The molecule has 0 saturated carbocycles. The minimum Gasteiger partial charge on any atom is -0.398 e. The van der Waals surface area contributed by atoms with Crippen molar-refractivity contribution in [3.8, 4) is 0 Å². The lowest BCUT2D eigenvalue weighted by molar-refractivity contribution is 0.235. The van der Waals surface area contributed by atoms with Gasteiger partial charge in [-0.05, 0) is 31.4 Å². The summed E-state index contributed by atoms with van der Waals surface area (Å²) in [6.07, 6.45) is 6.76. The summed E-state index contributed by atoms with van der Waals surface area (Å²) >= 11 is 0. The van der Waals surface area contributed by atoms with Crippen LogP contribution >= 0.6 is 0 Å². The van der Waals surface area contributed by atoms with Crippen LogP contribution in [-0.4, -0.2) is 22.8 Å². The molecule has 3 heteroatoms. The molecule has 0 aromatic heterocycles. The molecule has 1 atom stereocenters. The largest absolute Gasteiger partial charge is 0.398 e. The fourth-order valence-electron chi connectivity index (χ4n) is 1.49. The smallest absolute Gasteiger partial charge is 0.337 e. The average molecular weight is 216 g/mol. The maximum atomic E-state index is 5.50. The molecule has 0 aliphatic carbocycles. The van der Waals surface area contributed by atoms with Gasteiger partial charge in [0, 0.05) is 14.2 Å². The third kappa shape index (κ3) is 4.40. The predicted octanol–water partition coefficient (Wildman–Crippen LogP) is 3.49. The molecule has 0 amide bonds. The Kier molecular flexibility index (Phi) is 7.14. The number of allylic oxidation sites excluding steroid dienone is 1. The fourth-order valence-corrected chi connectivity index (χ4v) is 3.19. The highest BCUT2D eigenvalue weighted by Gasteiger charge is 2.35. The Bertz CT molecular complexity index is 155. The van der Waals surface area contributed by atoms with Crippen molar-refractivity contribution in [2.75, 3.05) is 14.2 Å². The van der Waals surface area contributed by atoms with E-state index >= 15 is 0 Å². The number of hydrogen-bond donors (Lipinski definition) is 0. The van der Waals surface area contributed by atoms with E-state index in [-0.39, 0.29) is 0 Å². The Hall–Kier alpha value is -0.123. The highest BCUT2D eigenvalue weighted by atomic mass is 28.4. The second kappa shape index (κ2) is 7.21. The lowest BCUT2D eigenvalue weighted by Crippen LogP contribution is -2.40. The molecule has 0 N–H and O–H groups in total. The quantitative estimate of drug-likeness (QED) is 0.351. The number of hydrogen-bond acceptors (Lipinski definition) is 2. The van der Waals surface area contributed by atoms with Crippen LogP contribution in [0.3, 0.4) is 0 Å². The molecule has 0 saturated heterocycles. The number of unbranched alkanes of at least 4 members (excludes halogenated alkanes) is 2. The summed E-state index contributed by atoms with van der Waals surface area (Å²) < 4.78 is 11.0. The van der Waals surface area contributed by atoms with Crippen molar-refractivity contribution < 1.29 is 8.85 Å². The minimum atomic E-state index is -1.89. The van der Waals surface area contributed by atoms with Crippen molar-refractivity contribution in [3.63, 3.8) is 0 Å². The third-order valence-electron chi connectivity index (χ3n) is 3.00. The Morgan fingerprint density at radius 2 is 1.86 bits per heavy atom. The first-order valence-corrected chi connectivity index (χ1v) is 7.71. The van der Waals surface area contributed by atoms with Crippen molar-refractivity contribution in [2.45, 2.75) is 44.7 Å². The molecular formula is C11H24O2Si. The molecule has 84 valence electrons. The highest BCUT2D eigenvalue weighted by Crippen LogP contribution is 2.28. The van der Waals surface area contributed by atoms with Crippen molar-refractivity contribution in [1.82, 2.24) is 0 Å². The first-order chi connectivity index (χ1) is 6.60. The molecule has 0 spiro atoms. The first-order valence-electron chi connectivity index (χ1n) is 5.32. The van der Waals surface area contributed by atoms with E-state index in [4.69, 9.17) is 8.85 Å². The molecule has 14 heavy (non-hydrogen) atoms. The fraction of sp³-hybridized carbons (Fsp3) is 0.818. The summed E-state index contributed by atoms with van der Waals surface area (Å²) in [6.45, 7) is 8.08. The van der Waals surface area contributed by atoms with Crippen LogP contribution in [-0.2, 0) is 8.85 Å². The average Bonchev–Trinajstić information content (AvgIpc) is 2.22. The van der Waals surface area contributed by atoms with Crippen LogP contribution in [0.4, 0.5) is 0 Å². The molecule has 0 aromatic carbocycles. The van der Waals surface area contributed by atoms with Crippen LogP contribution in [0.1, 0.15) is 32.6 Å². The molecular weight excluding hydrogens is 192 g/mol. The topological polar surface area (TPSA) is 18.5 Å². The molecule has 2 nitrogen and oxygen atoms in total. The maximum Gasteiger partial charge on any atom is 0.337 e. The Labute approximate surface area is 89.6 Å². The molecule has 0 aliphatic rings. The van der Waals surface area contributed by atoms with Crippen molar-refractivity contribution in [2.24, 2.45) is 0 Å². The zero-order valence-corrected chi connectivity index (χ0v) is 11.0. The van der Waals surface area contributed by atoms with Gasteiger partial charge in [-0.15, -0.1) is 6.58 Å². The molecule has 0 heterocycles. The molecule has 0 radical (unpaired) electrons. The van der Waals surface area contributed by atoms with Crippen molar-refractivity contribution in [1.29, 1.82) is 0 Å². The highest BCUT2D eigenvalue weighted by molar-refractivity contribution is 6.67. The molecule has 0 aromatic rings. The van der Waals surface area contributed by atoms with Gasteiger partial charge in [0.2, 0.25) is 0 Å². The van der Waals surface area contributed by atoms with Crippen LogP contribution in [0.5, 0.6) is 0 Å². The second-order valence-corrected chi connectivity index (χ2v) is 7.73. The van der Waals surface area contributed by atoms with Gasteiger partial charge in [-0.25, -0.2) is 0 Å². The van der Waals surface area contributed by atoms with Gasteiger partial charge in [0.15, 0.2) is 0 Å². The second-order valence-electron chi connectivity index (χ2n) is 3.90. The zero-order valence-electron chi connectivity index (χ0n) is 10.0. The lowest BCUT2D eigenvalue weighted by Gasteiger charge is -2.29. The molecule has 0 rings (SSSR count). The normalized spacial score (nSPS) is 14.0. The monoisotopic (exact) mass is 216 g/mol. The van der Waals surface area contributed by atoms with Crippen LogP contribution in [0.25, 0.3) is 0 Å². The minimum absolute atomic E-state index is 0.558. The van der Waals surface area contributed by atoms with Gasteiger partial charge in [-0.3, -0.25) is 0 Å². The molecule has 0 aliphatic heterocycles. The van der Waals surface area contributed by atoms with E-state index < -0.39 is 8.56 Å². The van der Waals surface area contributed by atoms with Crippen LogP contribution in [0.15, 0.2) is 12.7 Å². The van der Waals surface area contributed by atoms with E-state index in [0.29, 0.717) is 5.54 Å². The van der Waals surface area contributed by atoms with E-state index in [1.54, 1.807) is 14.2 Å². The van der Waals surface area contributed by atoms with E-state index in [1.165, 1.54) is 19.3 Å². The van der Waals surface area contributed by atoms with Gasteiger partial charge < -0.3 is 8.85 Å². The first kappa shape index (κ1) is 13.9. The van der Waals surface area contributed by atoms with Crippen LogP contribution < -0.4 is 0 Å². The van der Waals surface area contributed by atoms with E-state index in [9.17, 15) is 0 Å². The van der Waals surface area contributed by atoms with Gasteiger partial charge in [0.05, 0.1) is 0 Å². The predicted molar refractivity (Wildman–Crippen MR) is 63.7 cm³/mol. The Balaban J connectivity index is 3.80. The van der Waals surface area contributed by atoms with Gasteiger partial charge >= 0.3 is 8.56 Å². The zero-order chi connectivity index (χ0) is 11.0. The van der Waals surface area contributed by atoms with E-state index in [2.05, 4.69) is 20.0 Å². The molecule has 1 unspecified atom stereocenters. The standard InChI is InChI=1S/C11H24O2Si/c1-6-7-8-9-10-11(2)14(5,12-3)13-4/h6,11H,1,7-10H2,2-5H3. The summed E-state index contributed by atoms with van der Waals surface area (Å²) in [5, 5.41) is 0. The van der Waals surface area contributed by atoms with Gasteiger partial charge in [-0.1, -0.05) is 19.4 Å². The maximum absolute atomic E-state index is 5.50. The lowest BCUT2D eigenvalue weighted by atomic mass is 10.1. The Morgan fingerprint density at radius 3 is 2.29 bits per heavy atom. The summed E-state index contributed by atoms with van der Waals surface area (Å²) in [6, 6.07) is 0. The van der Waals surface area contributed by atoms with Crippen LogP contribution in [0, 0.1) is 0 Å². The van der Waals surface area contributed by atoms with E-state index in [0.717, 1.165) is 6.42 Å². The van der Waals surface area contributed by atoms with Gasteiger partial charge in [-0.2, -0.15) is 0 Å². The van der Waals surface area contributed by atoms with Gasteiger partial charge in [0.25, 0.3) is 0 Å². The molecule has 0 fully saturated rings. The van der Waals surface area contributed by atoms with Crippen molar-refractivity contribution >= 4 is 8.56 Å². The van der Waals surface area contributed by atoms with E-state index in [1.807, 2.05) is 6.08 Å². The summed E-state index contributed by atoms with van der Waals surface area (Å²) in [7, 11) is 1.63. The van der Waals surface area contributed by atoms with Crippen molar-refractivity contribution in [3.05, 3.63) is 12.7 Å². The SMILES string of the molecule is C=CCCCCC(C)[Si](C)(OC)OC. The number of rotatable bonds is 8. The molecule has 0 bridgehead atoms. The summed E-state index contributed by atoms with van der Waals surface area (Å²) in [4.78, 5) is 0. The summed E-state index contributed by atoms with van der Waals surface area (Å²) in [5.41, 5.74) is 0.558.